The minimum Gasteiger partial charge on any atom is -0.358 e. The van der Waals surface area contributed by atoms with E-state index in [-0.39, 0.29) is 0 Å². The average Bonchev–Trinajstić information content (AvgIpc) is 3.19. The number of para-hydroxylation sites is 1. The third kappa shape index (κ3) is 4.13. The molecule has 3 heterocycles. The lowest BCUT2D eigenvalue weighted by Crippen LogP contribution is -2.10. The third-order valence-electron chi connectivity index (χ3n) is 5.03. The number of aryl methyl sites for hydroxylation is 1. The zero-order valence-electron chi connectivity index (χ0n) is 16.9. The van der Waals surface area contributed by atoms with E-state index in [9.17, 15) is 0 Å². The van der Waals surface area contributed by atoms with Crippen molar-refractivity contribution in [2.75, 3.05) is 17.2 Å². The number of H-pyrrole nitrogens is 1. The summed E-state index contributed by atoms with van der Waals surface area (Å²) in [5, 5.41) is 8.49. The summed E-state index contributed by atoms with van der Waals surface area (Å²) in [6.07, 6.45) is 4.06. The van der Waals surface area contributed by atoms with Gasteiger partial charge in [-0.15, -0.1) is 0 Å². The van der Waals surface area contributed by atoms with Crippen molar-refractivity contribution >= 4 is 51.1 Å². The van der Waals surface area contributed by atoms with Crippen LogP contribution in [0.3, 0.4) is 0 Å². The summed E-state index contributed by atoms with van der Waals surface area (Å²) in [6, 6.07) is 16.2. The van der Waals surface area contributed by atoms with E-state index in [1.54, 1.807) is 12.4 Å². The largest absolute Gasteiger partial charge is 0.358 e. The van der Waals surface area contributed by atoms with Crippen LogP contribution in [0.2, 0.25) is 5.02 Å². The van der Waals surface area contributed by atoms with Gasteiger partial charge in [0.25, 0.3) is 0 Å². The zero-order valence-corrected chi connectivity index (χ0v) is 17.6. The van der Waals surface area contributed by atoms with Gasteiger partial charge in [-0.25, -0.2) is 9.97 Å². The number of nitrogens with one attached hydrogen (secondary N) is 3. The minimum atomic E-state index is 0.491. The van der Waals surface area contributed by atoms with Crippen LogP contribution >= 0.6 is 11.6 Å². The van der Waals surface area contributed by atoms with Gasteiger partial charge in [0, 0.05) is 47.3 Å². The molecule has 7 nitrogen and oxygen atoms in total. The van der Waals surface area contributed by atoms with Gasteiger partial charge in [-0.3, -0.25) is 0 Å². The Hall–Kier alpha value is -3.71. The molecule has 3 aromatic heterocycles. The van der Waals surface area contributed by atoms with E-state index < -0.39 is 0 Å². The molecule has 0 bridgehead atoms. The smallest absolute Gasteiger partial charge is 0.226 e. The van der Waals surface area contributed by atoms with Crippen molar-refractivity contribution in [2.24, 2.45) is 0 Å². The summed E-state index contributed by atoms with van der Waals surface area (Å²) in [4.78, 5) is 21.3. The Kier molecular flexibility index (Phi) is 5.09. The maximum Gasteiger partial charge on any atom is 0.226 e. The van der Waals surface area contributed by atoms with Crippen molar-refractivity contribution in [3.8, 4) is 0 Å². The van der Waals surface area contributed by atoms with Gasteiger partial charge < -0.3 is 15.6 Å². The van der Waals surface area contributed by atoms with Crippen LogP contribution in [0.5, 0.6) is 0 Å². The first kappa shape index (κ1) is 19.3. The van der Waals surface area contributed by atoms with Crippen LogP contribution in [0.25, 0.3) is 22.1 Å². The molecule has 0 saturated carbocycles. The van der Waals surface area contributed by atoms with E-state index in [4.69, 9.17) is 11.6 Å². The number of rotatable bonds is 6. The maximum absolute atomic E-state index is 6.27. The molecule has 0 aliphatic carbocycles. The number of halogens is 1. The van der Waals surface area contributed by atoms with Gasteiger partial charge in [0.2, 0.25) is 5.95 Å². The Morgan fingerprint density at radius 2 is 1.87 bits per heavy atom. The summed E-state index contributed by atoms with van der Waals surface area (Å²) >= 11 is 6.27. The second-order valence-electron chi connectivity index (χ2n) is 7.27. The lowest BCUT2D eigenvalue weighted by molar-refractivity contribution is 0.960. The summed E-state index contributed by atoms with van der Waals surface area (Å²) in [5.41, 5.74) is 5.25. The molecule has 3 N–H and O–H groups in total. The molecule has 0 fully saturated rings. The van der Waals surface area contributed by atoms with E-state index in [0.717, 1.165) is 28.9 Å². The van der Waals surface area contributed by atoms with E-state index in [1.807, 2.05) is 37.3 Å². The number of nitrogens with zero attached hydrogens (tertiary/aromatic N) is 4. The first-order valence-electron chi connectivity index (χ1n) is 9.98. The number of aromatic amines is 1. The number of anilines is 3. The number of fused-ring (bicyclic) bond motifs is 2. The van der Waals surface area contributed by atoms with E-state index in [1.165, 1.54) is 5.39 Å². The molecule has 0 aliphatic rings. The molecule has 5 rings (SSSR count). The van der Waals surface area contributed by atoms with Gasteiger partial charge in [0.1, 0.15) is 0 Å². The predicted molar refractivity (Wildman–Crippen MR) is 125 cm³/mol. The van der Waals surface area contributed by atoms with E-state index in [0.29, 0.717) is 34.5 Å². The van der Waals surface area contributed by atoms with Gasteiger partial charge in [0.15, 0.2) is 17.0 Å². The normalized spacial score (nSPS) is 11.2. The monoisotopic (exact) mass is 429 g/mol. The van der Waals surface area contributed by atoms with Crippen molar-refractivity contribution in [3.63, 3.8) is 0 Å². The second-order valence-corrected chi connectivity index (χ2v) is 7.68. The molecular formula is C23H20ClN7. The first-order chi connectivity index (χ1) is 15.2. The molecule has 0 spiro atoms. The van der Waals surface area contributed by atoms with Crippen LogP contribution in [-0.2, 0) is 6.42 Å². The standard InChI is InChI=1S/C23H20ClN7/c1-14-6-7-16(13-18(14)24)29-22-20-21(26-11-10-25-20)30-23(31-22)27-9-8-17-12-15-4-2-3-5-19(15)28-17/h2-7,10-13,28H,8-9H2,1H3,(H2,26,27,29,30,31). The molecule has 5 aromatic rings. The third-order valence-corrected chi connectivity index (χ3v) is 5.44. The number of benzene rings is 2. The van der Waals surface area contributed by atoms with Crippen LogP contribution < -0.4 is 10.6 Å². The quantitative estimate of drug-likeness (QED) is 0.341. The molecule has 0 unspecified atom stereocenters. The highest BCUT2D eigenvalue weighted by Gasteiger charge is 2.11. The van der Waals surface area contributed by atoms with Crippen molar-refractivity contribution in [3.05, 3.63) is 77.2 Å². The molecule has 0 amide bonds. The molecule has 2 aromatic carbocycles. The molecule has 31 heavy (non-hydrogen) atoms. The minimum absolute atomic E-state index is 0.491. The second kappa shape index (κ2) is 8.20. The fraction of sp³-hybridized carbons (Fsp3) is 0.130. The highest BCUT2D eigenvalue weighted by atomic mass is 35.5. The van der Waals surface area contributed by atoms with Crippen LogP contribution in [0, 0.1) is 6.92 Å². The summed E-state index contributed by atoms with van der Waals surface area (Å²) in [7, 11) is 0. The summed E-state index contributed by atoms with van der Waals surface area (Å²) < 4.78 is 0. The zero-order chi connectivity index (χ0) is 21.2. The Morgan fingerprint density at radius 1 is 1.00 bits per heavy atom. The lowest BCUT2D eigenvalue weighted by atomic mass is 10.2. The topological polar surface area (TPSA) is 91.4 Å². The first-order valence-corrected chi connectivity index (χ1v) is 10.4. The maximum atomic E-state index is 6.27. The fourth-order valence-corrected chi connectivity index (χ4v) is 3.59. The van der Waals surface area contributed by atoms with E-state index >= 15 is 0 Å². The van der Waals surface area contributed by atoms with Gasteiger partial charge >= 0.3 is 0 Å². The molecule has 0 saturated heterocycles. The Morgan fingerprint density at radius 3 is 2.74 bits per heavy atom. The highest BCUT2D eigenvalue weighted by Crippen LogP contribution is 2.26. The van der Waals surface area contributed by atoms with Crippen molar-refractivity contribution < 1.29 is 0 Å². The fourth-order valence-electron chi connectivity index (χ4n) is 3.41. The molecular weight excluding hydrogens is 410 g/mol. The molecule has 0 aliphatic heterocycles. The SMILES string of the molecule is Cc1ccc(Nc2nc(NCCc3cc4ccccc4[nH]3)nc3nccnc23)cc1Cl. The average molecular weight is 430 g/mol. The Labute approximate surface area is 183 Å². The number of aromatic nitrogens is 5. The van der Waals surface area contributed by atoms with Gasteiger partial charge in [-0.2, -0.15) is 9.97 Å². The van der Waals surface area contributed by atoms with Crippen molar-refractivity contribution in [1.82, 2.24) is 24.9 Å². The molecule has 0 radical (unpaired) electrons. The highest BCUT2D eigenvalue weighted by molar-refractivity contribution is 6.31. The van der Waals surface area contributed by atoms with Crippen molar-refractivity contribution in [2.45, 2.75) is 13.3 Å². The predicted octanol–water partition coefficient (Wildman–Crippen LogP) is 5.26. The van der Waals surface area contributed by atoms with Crippen LogP contribution in [0.15, 0.2) is 60.9 Å². The van der Waals surface area contributed by atoms with Crippen molar-refractivity contribution in [1.29, 1.82) is 0 Å². The van der Waals surface area contributed by atoms with Gasteiger partial charge in [-0.1, -0.05) is 35.9 Å². The molecule has 0 atom stereocenters. The Balaban J connectivity index is 1.37. The molecule has 154 valence electrons. The number of hydrogen-bond acceptors (Lipinski definition) is 6. The van der Waals surface area contributed by atoms with Crippen LogP contribution in [-0.4, -0.2) is 31.5 Å². The number of hydrogen-bond donors (Lipinski definition) is 3. The van der Waals surface area contributed by atoms with E-state index in [2.05, 4.69) is 53.8 Å². The van der Waals surface area contributed by atoms with Crippen LogP contribution in [0.4, 0.5) is 17.5 Å². The van der Waals surface area contributed by atoms with Crippen LogP contribution in [0.1, 0.15) is 11.3 Å². The molecule has 8 heteroatoms. The summed E-state index contributed by atoms with van der Waals surface area (Å²) in [5.74, 6) is 1.07. The summed E-state index contributed by atoms with van der Waals surface area (Å²) in [6.45, 7) is 2.64. The Bertz CT molecular complexity index is 1350. The van der Waals surface area contributed by atoms with Gasteiger partial charge in [0.05, 0.1) is 0 Å². The van der Waals surface area contributed by atoms with Gasteiger partial charge in [-0.05, 0) is 42.1 Å². The lowest BCUT2D eigenvalue weighted by Gasteiger charge is -2.11.